The number of nitrogens with one attached hydrogen (secondary N) is 1. The summed E-state index contributed by atoms with van der Waals surface area (Å²) in [6, 6.07) is -0.00335. The number of rotatable bonds is 6. The maximum absolute atomic E-state index is 11.9. The smallest absolute Gasteiger partial charge is 0.306 e. The van der Waals surface area contributed by atoms with Crippen LogP contribution in [0.1, 0.15) is 39.0 Å². The molecule has 5 heteroatoms. The summed E-state index contributed by atoms with van der Waals surface area (Å²) in [7, 11) is 0. The van der Waals surface area contributed by atoms with Crippen LogP contribution in [0.2, 0.25) is 0 Å². The zero-order valence-electron chi connectivity index (χ0n) is 10.2. The predicted molar refractivity (Wildman–Crippen MR) is 62.4 cm³/mol. The summed E-state index contributed by atoms with van der Waals surface area (Å²) in [6.45, 7) is 2.01. The van der Waals surface area contributed by atoms with Gasteiger partial charge in [0, 0.05) is 18.6 Å². The Hall–Kier alpha value is -1.10. The van der Waals surface area contributed by atoms with Crippen LogP contribution in [0.3, 0.4) is 0 Å². The van der Waals surface area contributed by atoms with E-state index in [0.29, 0.717) is 25.7 Å². The van der Waals surface area contributed by atoms with E-state index < -0.39 is 5.97 Å². The SMILES string of the molecule is CCC(CCO)NC(=O)[C@@H]1CC[C@H](C(=O)O)C1. The molecule has 1 rings (SSSR count). The van der Waals surface area contributed by atoms with E-state index in [-0.39, 0.29) is 30.4 Å². The van der Waals surface area contributed by atoms with Gasteiger partial charge >= 0.3 is 5.97 Å². The Morgan fingerprint density at radius 2 is 2.00 bits per heavy atom. The van der Waals surface area contributed by atoms with Crippen molar-refractivity contribution >= 4 is 11.9 Å². The third kappa shape index (κ3) is 4.00. The molecule has 3 atom stereocenters. The average molecular weight is 243 g/mol. The second-order valence-corrected chi connectivity index (χ2v) is 4.67. The van der Waals surface area contributed by atoms with Gasteiger partial charge in [-0.15, -0.1) is 0 Å². The number of carboxylic acid groups (broad SMARTS) is 1. The van der Waals surface area contributed by atoms with Crippen molar-refractivity contribution in [2.45, 2.75) is 45.1 Å². The maximum Gasteiger partial charge on any atom is 0.306 e. The molecule has 5 nitrogen and oxygen atoms in total. The molecule has 0 aliphatic heterocycles. The largest absolute Gasteiger partial charge is 0.481 e. The molecule has 1 fully saturated rings. The Morgan fingerprint density at radius 1 is 1.35 bits per heavy atom. The summed E-state index contributed by atoms with van der Waals surface area (Å²) < 4.78 is 0. The molecule has 1 aliphatic carbocycles. The van der Waals surface area contributed by atoms with Crippen LogP contribution in [0.25, 0.3) is 0 Å². The van der Waals surface area contributed by atoms with E-state index in [1.165, 1.54) is 0 Å². The molecular formula is C12H21NO4. The second kappa shape index (κ2) is 6.59. The van der Waals surface area contributed by atoms with Crippen LogP contribution in [-0.2, 0) is 9.59 Å². The van der Waals surface area contributed by atoms with E-state index in [1.54, 1.807) is 0 Å². The molecule has 0 heterocycles. The molecule has 1 unspecified atom stereocenters. The summed E-state index contributed by atoms with van der Waals surface area (Å²) in [4.78, 5) is 22.7. The normalized spacial score (nSPS) is 25.5. The zero-order chi connectivity index (χ0) is 12.8. The van der Waals surface area contributed by atoms with Crippen molar-refractivity contribution in [1.82, 2.24) is 5.32 Å². The minimum Gasteiger partial charge on any atom is -0.481 e. The molecule has 0 spiro atoms. The van der Waals surface area contributed by atoms with E-state index in [2.05, 4.69) is 5.32 Å². The van der Waals surface area contributed by atoms with Gasteiger partial charge in [0.05, 0.1) is 5.92 Å². The number of carbonyl (C=O) groups excluding carboxylic acids is 1. The van der Waals surface area contributed by atoms with Gasteiger partial charge in [-0.1, -0.05) is 6.92 Å². The summed E-state index contributed by atoms with van der Waals surface area (Å²) in [5, 5.41) is 20.6. The summed E-state index contributed by atoms with van der Waals surface area (Å²) in [5.41, 5.74) is 0. The Balaban J connectivity index is 2.41. The first kappa shape index (κ1) is 14.0. The van der Waals surface area contributed by atoms with E-state index in [1.807, 2.05) is 6.92 Å². The lowest BCUT2D eigenvalue weighted by atomic mass is 10.0. The Bertz CT molecular complexity index is 280. The predicted octanol–water partition coefficient (Wildman–Crippen LogP) is 0.764. The van der Waals surface area contributed by atoms with Gasteiger partial charge in [0.15, 0.2) is 0 Å². The first-order valence-electron chi connectivity index (χ1n) is 6.22. The molecule has 0 radical (unpaired) electrons. The van der Waals surface area contributed by atoms with Crippen LogP contribution in [0, 0.1) is 11.8 Å². The third-order valence-corrected chi connectivity index (χ3v) is 3.47. The van der Waals surface area contributed by atoms with Gasteiger partial charge in [0.25, 0.3) is 0 Å². The first-order chi connectivity index (χ1) is 8.08. The highest BCUT2D eigenvalue weighted by atomic mass is 16.4. The molecule has 0 aromatic rings. The van der Waals surface area contributed by atoms with Crippen molar-refractivity contribution in [1.29, 1.82) is 0 Å². The average Bonchev–Trinajstić information content (AvgIpc) is 2.77. The van der Waals surface area contributed by atoms with E-state index in [9.17, 15) is 9.59 Å². The van der Waals surface area contributed by atoms with Gasteiger partial charge in [0.2, 0.25) is 5.91 Å². The molecule has 1 aliphatic rings. The van der Waals surface area contributed by atoms with Crippen molar-refractivity contribution in [3.8, 4) is 0 Å². The van der Waals surface area contributed by atoms with Gasteiger partial charge < -0.3 is 15.5 Å². The molecular weight excluding hydrogens is 222 g/mol. The highest BCUT2D eigenvalue weighted by Gasteiger charge is 2.34. The highest BCUT2D eigenvalue weighted by molar-refractivity contribution is 5.81. The molecule has 1 amide bonds. The van der Waals surface area contributed by atoms with E-state index in [4.69, 9.17) is 10.2 Å². The van der Waals surface area contributed by atoms with Crippen LogP contribution in [0.15, 0.2) is 0 Å². The molecule has 1 saturated carbocycles. The summed E-state index contributed by atoms with van der Waals surface area (Å²) in [6.07, 6.45) is 3.01. The van der Waals surface area contributed by atoms with Crippen molar-refractivity contribution < 1.29 is 19.8 Å². The fourth-order valence-electron chi connectivity index (χ4n) is 2.30. The van der Waals surface area contributed by atoms with Crippen LogP contribution in [0.5, 0.6) is 0 Å². The lowest BCUT2D eigenvalue weighted by Gasteiger charge is -2.18. The van der Waals surface area contributed by atoms with Gasteiger partial charge in [-0.05, 0) is 32.1 Å². The maximum atomic E-state index is 11.9. The number of aliphatic hydroxyl groups excluding tert-OH is 1. The van der Waals surface area contributed by atoms with Crippen LogP contribution in [-0.4, -0.2) is 34.7 Å². The fourth-order valence-corrected chi connectivity index (χ4v) is 2.30. The number of aliphatic carboxylic acids is 1. The van der Waals surface area contributed by atoms with Crippen molar-refractivity contribution in [2.24, 2.45) is 11.8 Å². The number of aliphatic hydroxyl groups is 1. The van der Waals surface area contributed by atoms with Gasteiger partial charge in [0.1, 0.15) is 0 Å². The molecule has 0 aromatic heterocycles. The monoisotopic (exact) mass is 243 g/mol. The Labute approximate surface area is 101 Å². The van der Waals surface area contributed by atoms with Crippen molar-refractivity contribution in [3.63, 3.8) is 0 Å². The fraction of sp³-hybridized carbons (Fsp3) is 0.833. The minimum absolute atomic E-state index is 0.00335. The molecule has 17 heavy (non-hydrogen) atoms. The van der Waals surface area contributed by atoms with Crippen LogP contribution < -0.4 is 5.32 Å². The zero-order valence-corrected chi connectivity index (χ0v) is 10.2. The van der Waals surface area contributed by atoms with Crippen molar-refractivity contribution in [2.75, 3.05) is 6.61 Å². The topological polar surface area (TPSA) is 86.6 Å². The molecule has 3 N–H and O–H groups in total. The number of amides is 1. The van der Waals surface area contributed by atoms with Gasteiger partial charge in [-0.3, -0.25) is 9.59 Å². The first-order valence-corrected chi connectivity index (χ1v) is 6.22. The Kier molecular flexibility index (Phi) is 5.41. The number of hydrogen-bond acceptors (Lipinski definition) is 3. The quantitative estimate of drug-likeness (QED) is 0.643. The Morgan fingerprint density at radius 3 is 2.47 bits per heavy atom. The summed E-state index contributed by atoms with van der Waals surface area (Å²) >= 11 is 0. The number of carbonyl (C=O) groups is 2. The van der Waals surface area contributed by atoms with Crippen LogP contribution in [0.4, 0.5) is 0 Å². The molecule has 98 valence electrons. The number of hydrogen-bond donors (Lipinski definition) is 3. The molecule has 0 bridgehead atoms. The van der Waals surface area contributed by atoms with Crippen LogP contribution >= 0.6 is 0 Å². The standard InChI is InChI=1S/C12H21NO4/c1-2-10(5-6-14)13-11(15)8-3-4-9(7-8)12(16)17/h8-10,14H,2-7H2,1H3,(H,13,15)(H,16,17)/t8-,9+,10?/m1/s1. The lowest BCUT2D eigenvalue weighted by molar-refractivity contribution is -0.141. The lowest BCUT2D eigenvalue weighted by Crippen LogP contribution is -2.38. The van der Waals surface area contributed by atoms with E-state index in [0.717, 1.165) is 6.42 Å². The van der Waals surface area contributed by atoms with Gasteiger partial charge in [-0.25, -0.2) is 0 Å². The molecule has 0 aromatic carbocycles. The highest BCUT2D eigenvalue weighted by Crippen LogP contribution is 2.31. The minimum atomic E-state index is -0.803. The molecule has 0 saturated heterocycles. The second-order valence-electron chi connectivity index (χ2n) is 4.67. The summed E-state index contributed by atoms with van der Waals surface area (Å²) in [5.74, 6) is -1.41. The third-order valence-electron chi connectivity index (χ3n) is 3.47. The van der Waals surface area contributed by atoms with E-state index >= 15 is 0 Å². The van der Waals surface area contributed by atoms with Crippen molar-refractivity contribution in [3.05, 3.63) is 0 Å². The van der Waals surface area contributed by atoms with Gasteiger partial charge in [-0.2, -0.15) is 0 Å². The number of carboxylic acids is 1.